The molecular formula is C15H26N4O. The normalized spacial score (nSPS) is 17.8. The lowest BCUT2D eigenvalue weighted by Crippen LogP contribution is -2.39. The van der Waals surface area contributed by atoms with E-state index in [1.54, 1.807) is 0 Å². The Kier molecular flexibility index (Phi) is 5.17. The van der Waals surface area contributed by atoms with E-state index >= 15 is 0 Å². The maximum Gasteiger partial charge on any atom is 0.224 e. The highest BCUT2D eigenvalue weighted by Crippen LogP contribution is 2.28. The van der Waals surface area contributed by atoms with E-state index in [2.05, 4.69) is 27.5 Å². The topological polar surface area (TPSA) is 70.1 Å². The Hall–Kier alpha value is -1.36. The van der Waals surface area contributed by atoms with E-state index in [1.807, 2.05) is 13.0 Å². The van der Waals surface area contributed by atoms with Gasteiger partial charge in [-0.05, 0) is 26.2 Å². The van der Waals surface area contributed by atoms with Crippen LogP contribution < -0.4 is 10.6 Å². The lowest BCUT2D eigenvalue weighted by atomic mass is 9.85. The summed E-state index contributed by atoms with van der Waals surface area (Å²) in [6.07, 6.45) is 6.27. The first-order chi connectivity index (χ1) is 9.61. The molecule has 1 fully saturated rings. The van der Waals surface area contributed by atoms with Crippen molar-refractivity contribution in [3.8, 4) is 0 Å². The molecular weight excluding hydrogens is 252 g/mol. The molecule has 0 amide bonds. The summed E-state index contributed by atoms with van der Waals surface area (Å²) in [6, 6.07) is 1.92. The second-order valence-corrected chi connectivity index (χ2v) is 5.78. The van der Waals surface area contributed by atoms with Crippen LogP contribution in [0.25, 0.3) is 0 Å². The SMILES string of the molecule is CCCNc1nc(C)cc(NCC2(O)CCCCC2)n1. The summed E-state index contributed by atoms with van der Waals surface area (Å²) in [5.41, 5.74) is 0.352. The molecule has 0 unspecified atom stereocenters. The first kappa shape index (κ1) is 15.0. The summed E-state index contributed by atoms with van der Waals surface area (Å²) < 4.78 is 0. The average Bonchev–Trinajstić information content (AvgIpc) is 2.43. The van der Waals surface area contributed by atoms with Crippen molar-refractivity contribution in [1.82, 2.24) is 9.97 Å². The quantitative estimate of drug-likeness (QED) is 0.746. The molecule has 0 spiro atoms. The summed E-state index contributed by atoms with van der Waals surface area (Å²) in [6.45, 7) is 5.50. The van der Waals surface area contributed by atoms with Crippen molar-refractivity contribution in [1.29, 1.82) is 0 Å². The van der Waals surface area contributed by atoms with Gasteiger partial charge in [-0.3, -0.25) is 0 Å². The van der Waals surface area contributed by atoms with Crippen LogP contribution in [-0.2, 0) is 0 Å². The van der Waals surface area contributed by atoms with E-state index in [0.29, 0.717) is 12.5 Å². The van der Waals surface area contributed by atoms with Gasteiger partial charge in [0.05, 0.1) is 5.60 Å². The zero-order valence-corrected chi connectivity index (χ0v) is 12.6. The van der Waals surface area contributed by atoms with Crippen LogP contribution in [0.4, 0.5) is 11.8 Å². The number of aryl methyl sites for hydroxylation is 1. The summed E-state index contributed by atoms with van der Waals surface area (Å²) in [7, 11) is 0. The molecule has 1 aromatic heterocycles. The highest BCUT2D eigenvalue weighted by molar-refractivity contribution is 5.42. The largest absolute Gasteiger partial charge is 0.388 e. The highest BCUT2D eigenvalue weighted by atomic mass is 16.3. The van der Waals surface area contributed by atoms with Gasteiger partial charge in [0.25, 0.3) is 0 Å². The van der Waals surface area contributed by atoms with E-state index in [0.717, 1.165) is 50.2 Å². The molecule has 1 heterocycles. The van der Waals surface area contributed by atoms with E-state index in [4.69, 9.17) is 0 Å². The molecule has 3 N–H and O–H groups in total. The Morgan fingerprint density at radius 3 is 2.65 bits per heavy atom. The van der Waals surface area contributed by atoms with Crippen molar-refractivity contribution in [3.63, 3.8) is 0 Å². The van der Waals surface area contributed by atoms with Crippen molar-refractivity contribution in [2.75, 3.05) is 23.7 Å². The van der Waals surface area contributed by atoms with E-state index in [1.165, 1.54) is 6.42 Å². The van der Waals surface area contributed by atoms with Gasteiger partial charge in [-0.2, -0.15) is 4.98 Å². The molecule has 2 rings (SSSR count). The Balaban J connectivity index is 1.96. The first-order valence-corrected chi connectivity index (χ1v) is 7.67. The van der Waals surface area contributed by atoms with Gasteiger partial charge < -0.3 is 15.7 Å². The fourth-order valence-electron chi connectivity index (χ4n) is 2.62. The van der Waals surface area contributed by atoms with Crippen molar-refractivity contribution in [2.45, 2.75) is 58.0 Å². The molecule has 0 radical (unpaired) electrons. The second kappa shape index (κ2) is 6.88. The molecule has 0 aromatic carbocycles. The minimum Gasteiger partial charge on any atom is -0.388 e. The molecule has 1 aliphatic carbocycles. The molecule has 112 valence electrons. The Morgan fingerprint density at radius 2 is 1.95 bits per heavy atom. The molecule has 1 aliphatic rings. The molecule has 5 heteroatoms. The average molecular weight is 278 g/mol. The predicted molar refractivity (Wildman–Crippen MR) is 82.1 cm³/mol. The van der Waals surface area contributed by atoms with Crippen LogP contribution in [0.2, 0.25) is 0 Å². The molecule has 1 saturated carbocycles. The monoisotopic (exact) mass is 278 g/mol. The third-order valence-electron chi connectivity index (χ3n) is 3.77. The number of anilines is 2. The lowest BCUT2D eigenvalue weighted by Gasteiger charge is -2.32. The molecule has 1 aromatic rings. The van der Waals surface area contributed by atoms with Crippen molar-refractivity contribution in [2.24, 2.45) is 0 Å². The first-order valence-electron chi connectivity index (χ1n) is 7.67. The van der Waals surface area contributed by atoms with Gasteiger partial charge in [-0.15, -0.1) is 0 Å². The van der Waals surface area contributed by atoms with Gasteiger partial charge in [-0.1, -0.05) is 26.2 Å². The number of aromatic nitrogens is 2. The van der Waals surface area contributed by atoms with Crippen molar-refractivity contribution in [3.05, 3.63) is 11.8 Å². The van der Waals surface area contributed by atoms with Gasteiger partial charge in [0.15, 0.2) is 0 Å². The zero-order valence-electron chi connectivity index (χ0n) is 12.6. The Morgan fingerprint density at radius 1 is 1.20 bits per heavy atom. The molecule has 0 bridgehead atoms. The summed E-state index contributed by atoms with van der Waals surface area (Å²) in [4.78, 5) is 8.80. The fraction of sp³-hybridized carbons (Fsp3) is 0.733. The zero-order chi connectivity index (χ0) is 14.4. The van der Waals surface area contributed by atoms with Gasteiger partial charge in [0.1, 0.15) is 5.82 Å². The van der Waals surface area contributed by atoms with Crippen molar-refractivity contribution >= 4 is 11.8 Å². The number of hydrogen-bond acceptors (Lipinski definition) is 5. The Bertz CT molecular complexity index is 430. The van der Waals surface area contributed by atoms with Gasteiger partial charge >= 0.3 is 0 Å². The van der Waals surface area contributed by atoms with Crippen molar-refractivity contribution < 1.29 is 5.11 Å². The smallest absolute Gasteiger partial charge is 0.224 e. The van der Waals surface area contributed by atoms with Crippen LogP contribution in [0, 0.1) is 6.92 Å². The lowest BCUT2D eigenvalue weighted by molar-refractivity contribution is 0.0166. The van der Waals surface area contributed by atoms with E-state index in [-0.39, 0.29) is 0 Å². The number of hydrogen-bond donors (Lipinski definition) is 3. The number of nitrogens with zero attached hydrogens (tertiary/aromatic N) is 2. The van der Waals surface area contributed by atoms with Crippen LogP contribution in [0.1, 0.15) is 51.1 Å². The van der Waals surface area contributed by atoms with Crippen LogP contribution >= 0.6 is 0 Å². The molecule has 0 aliphatic heterocycles. The minimum absolute atomic E-state index is 0.566. The summed E-state index contributed by atoms with van der Waals surface area (Å²) in [5, 5.41) is 17.0. The highest BCUT2D eigenvalue weighted by Gasteiger charge is 2.28. The van der Waals surface area contributed by atoms with Crippen LogP contribution in [0.15, 0.2) is 6.07 Å². The van der Waals surface area contributed by atoms with Crippen LogP contribution in [-0.4, -0.2) is 33.8 Å². The molecule has 0 saturated heterocycles. The minimum atomic E-state index is -0.575. The summed E-state index contributed by atoms with van der Waals surface area (Å²) in [5.74, 6) is 1.44. The van der Waals surface area contributed by atoms with Crippen LogP contribution in [0.5, 0.6) is 0 Å². The predicted octanol–water partition coefficient (Wildman–Crippen LogP) is 2.71. The number of nitrogens with one attached hydrogen (secondary N) is 2. The van der Waals surface area contributed by atoms with Gasteiger partial charge in [0, 0.05) is 24.8 Å². The standard InChI is InChI=1S/C15H26N4O/c1-3-9-16-14-18-12(2)10-13(19-14)17-11-15(20)7-5-4-6-8-15/h10,20H,3-9,11H2,1-2H3,(H2,16,17,18,19). The maximum atomic E-state index is 10.5. The van der Waals surface area contributed by atoms with Gasteiger partial charge in [0.2, 0.25) is 5.95 Å². The Labute approximate surface area is 121 Å². The molecule has 5 nitrogen and oxygen atoms in total. The van der Waals surface area contributed by atoms with E-state index in [9.17, 15) is 5.11 Å². The third kappa shape index (κ3) is 4.34. The van der Waals surface area contributed by atoms with E-state index < -0.39 is 5.60 Å². The maximum absolute atomic E-state index is 10.5. The van der Waals surface area contributed by atoms with Crippen LogP contribution in [0.3, 0.4) is 0 Å². The third-order valence-corrected chi connectivity index (χ3v) is 3.77. The fourth-order valence-corrected chi connectivity index (χ4v) is 2.62. The number of rotatable bonds is 6. The summed E-state index contributed by atoms with van der Waals surface area (Å²) >= 11 is 0. The molecule has 20 heavy (non-hydrogen) atoms. The molecule has 0 atom stereocenters. The number of aliphatic hydroxyl groups is 1. The second-order valence-electron chi connectivity index (χ2n) is 5.78. The van der Waals surface area contributed by atoms with Gasteiger partial charge in [-0.25, -0.2) is 4.98 Å².